The molecule has 3 aromatic rings. The summed E-state index contributed by atoms with van der Waals surface area (Å²) < 4.78 is 1.96. The third-order valence-corrected chi connectivity index (χ3v) is 5.57. The molecule has 134 valence electrons. The van der Waals surface area contributed by atoms with Crippen LogP contribution in [-0.2, 0) is 4.79 Å². The van der Waals surface area contributed by atoms with E-state index < -0.39 is 0 Å². The first-order valence-electron chi connectivity index (χ1n) is 8.20. The Kier molecular flexibility index (Phi) is 6.35. The molecule has 1 aromatic heterocycles. The number of para-hydroxylation sites is 2. The van der Waals surface area contributed by atoms with Crippen molar-refractivity contribution >= 4 is 35.1 Å². The Labute approximate surface area is 161 Å². The van der Waals surface area contributed by atoms with E-state index in [1.165, 1.54) is 11.8 Å². The van der Waals surface area contributed by atoms with E-state index in [2.05, 4.69) is 28.5 Å². The molecule has 1 N–H and O–H groups in total. The Balaban J connectivity index is 1.58. The van der Waals surface area contributed by atoms with Crippen LogP contribution in [0.5, 0.6) is 0 Å². The first-order chi connectivity index (χ1) is 12.7. The molecule has 0 aliphatic rings. The highest BCUT2D eigenvalue weighted by atomic mass is 32.2. The quantitative estimate of drug-likeness (QED) is 0.611. The Morgan fingerprint density at radius 2 is 1.92 bits per heavy atom. The molecule has 0 bridgehead atoms. The highest BCUT2D eigenvalue weighted by Crippen LogP contribution is 2.25. The number of hydrogen-bond acceptors (Lipinski definition) is 5. The molecule has 0 aliphatic heterocycles. The molecule has 0 radical (unpaired) electrons. The number of hydrogen-bond donors (Lipinski definition) is 1. The van der Waals surface area contributed by atoms with Crippen LogP contribution < -0.4 is 5.32 Å². The number of carbonyl (C=O) groups is 1. The number of thioether (sulfide) groups is 2. The van der Waals surface area contributed by atoms with Crippen LogP contribution in [-0.4, -0.2) is 32.7 Å². The van der Waals surface area contributed by atoms with Crippen LogP contribution in [0.25, 0.3) is 5.69 Å². The first kappa shape index (κ1) is 18.5. The van der Waals surface area contributed by atoms with Crippen molar-refractivity contribution in [3.05, 3.63) is 60.4 Å². The number of benzene rings is 2. The van der Waals surface area contributed by atoms with E-state index in [0.29, 0.717) is 12.2 Å². The van der Waals surface area contributed by atoms with E-state index in [1.54, 1.807) is 18.1 Å². The van der Waals surface area contributed by atoms with Gasteiger partial charge < -0.3 is 5.32 Å². The second kappa shape index (κ2) is 8.91. The predicted octanol–water partition coefficient (Wildman–Crippen LogP) is 4.42. The lowest BCUT2D eigenvalue weighted by atomic mass is 10.2. The molecule has 7 heteroatoms. The van der Waals surface area contributed by atoms with E-state index >= 15 is 0 Å². The largest absolute Gasteiger partial charge is 0.325 e. The summed E-state index contributed by atoms with van der Waals surface area (Å²) in [5.74, 6) is 0.638. The normalized spacial score (nSPS) is 10.7. The highest BCUT2D eigenvalue weighted by Gasteiger charge is 2.11. The number of aryl methyl sites for hydroxylation is 1. The molecule has 0 fully saturated rings. The van der Waals surface area contributed by atoms with Crippen LogP contribution in [0, 0.1) is 6.92 Å². The van der Waals surface area contributed by atoms with Crippen LogP contribution in [0.4, 0.5) is 5.69 Å². The number of amides is 1. The summed E-state index contributed by atoms with van der Waals surface area (Å²) in [5, 5.41) is 12.0. The summed E-state index contributed by atoms with van der Waals surface area (Å²) in [6.45, 7) is 2.06. The molecule has 1 heterocycles. The standard InChI is InChI=1S/C19H20N4OS2/c1-14-7-3-5-9-16(14)23-13-20-22-19(23)26-12-11-18(24)21-15-8-4-6-10-17(15)25-2/h3-10,13H,11-12H2,1-2H3,(H,21,24). The average Bonchev–Trinajstić information content (AvgIpc) is 3.11. The maximum atomic E-state index is 12.2. The molecule has 5 nitrogen and oxygen atoms in total. The van der Waals surface area contributed by atoms with Gasteiger partial charge in [0.1, 0.15) is 6.33 Å². The number of anilines is 1. The molecular weight excluding hydrogens is 364 g/mol. The number of aromatic nitrogens is 3. The van der Waals surface area contributed by atoms with Gasteiger partial charge in [-0.3, -0.25) is 9.36 Å². The fourth-order valence-corrected chi connectivity index (χ4v) is 3.93. The lowest BCUT2D eigenvalue weighted by molar-refractivity contribution is -0.115. The van der Waals surface area contributed by atoms with Crippen molar-refractivity contribution in [3.63, 3.8) is 0 Å². The van der Waals surface area contributed by atoms with Crippen LogP contribution in [0.15, 0.2) is 64.9 Å². The Morgan fingerprint density at radius 3 is 2.73 bits per heavy atom. The fourth-order valence-electron chi connectivity index (χ4n) is 2.52. The van der Waals surface area contributed by atoms with Gasteiger partial charge in [-0.1, -0.05) is 42.1 Å². The molecular formula is C19H20N4OS2. The summed E-state index contributed by atoms with van der Waals surface area (Å²) in [7, 11) is 0. The highest BCUT2D eigenvalue weighted by molar-refractivity contribution is 7.99. The van der Waals surface area contributed by atoms with Crippen molar-refractivity contribution in [2.24, 2.45) is 0 Å². The van der Waals surface area contributed by atoms with Gasteiger partial charge in [-0.2, -0.15) is 0 Å². The van der Waals surface area contributed by atoms with Crippen LogP contribution in [0.1, 0.15) is 12.0 Å². The molecule has 3 rings (SSSR count). The van der Waals surface area contributed by atoms with Crippen molar-refractivity contribution in [3.8, 4) is 5.69 Å². The van der Waals surface area contributed by atoms with Gasteiger partial charge in [-0.15, -0.1) is 22.0 Å². The molecule has 0 saturated carbocycles. The smallest absolute Gasteiger partial charge is 0.225 e. The molecule has 0 aliphatic carbocycles. The predicted molar refractivity (Wildman–Crippen MR) is 108 cm³/mol. The van der Waals surface area contributed by atoms with E-state index in [-0.39, 0.29) is 5.91 Å². The number of rotatable bonds is 7. The molecule has 2 aromatic carbocycles. The van der Waals surface area contributed by atoms with E-state index in [9.17, 15) is 4.79 Å². The summed E-state index contributed by atoms with van der Waals surface area (Å²) in [6, 6.07) is 15.9. The summed E-state index contributed by atoms with van der Waals surface area (Å²) in [6.07, 6.45) is 4.12. The summed E-state index contributed by atoms with van der Waals surface area (Å²) in [4.78, 5) is 13.3. The van der Waals surface area contributed by atoms with Gasteiger partial charge in [0.05, 0.1) is 11.4 Å². The van der Waals surface area contributed by atoms with Gasteiger partial charge in [0, 0.05) is 17.1 Å². The maximum Gasteiger partial charge on any atom is 0.225 e. The van der Waals surface area contributed by atoms with Gasteiger partial charge in [-0.05, 0) is 36.9 Å². The average molecular weight is 385 g/mol. The zero-order chi connectivity index (χ0) is 18.4. The SMILES string of the molecule is CSc1ccccc1NC(=O)CCSc1nncn1-c1ccccc1C. The molecule has 0 saturated heterocycles. The lowest BCUT2D eigenvalue weighted by Crippen LogP contribution is -2.13. The topological polar surface area (TPSA) is 59.8 Å². The molecule has 0 unspecified atom stereocenters. The van der Waals surface area contributed by atoms with Crippen molar-refractivity contribution in [2.75, 3.05) is 17.3 Å². The zero-order valence-electron chi connectivity index (χ0n) is 14.7. The van der Waals surface area contributed by atoms with Gasteiger partial charge in [0.2, 0.25) is 5.91 Å². The second-order valence-corrected chi connectivity index (χ2v) is 7.53. The number of nitrogens with one attached hydrogen (secondary N) is 1. The number of carbonyl (C=O) groups excluding carboxylic acids is 1. The van der Waals surface area contributed by atoms with E-state index in [0.717, 1.165) is 27.0 Å². The van der Waals surface area contributed by atoms with Gasteiger partial charge >= 0.3 is 0 Å². The molecule has 0 spiro atoms. The molecule has 26 heavy (non-hydrogen) atoms. The van der Waals surface area contributed by atoms with Gasteiger partial charge in [-0.25, -0.2) is 0 Å². The summed E-state index contributed by atoms with van der Waals surface area (Å²) in [5.41, 5.74) is 3.07. The molecule has 1 amide bonds. The van der Waals surface area contributed by atoms with Crippen LogP contribution in [0.2, 0.25) is 0 Å². The lowest BCUT2D eigenvalue weighted by Gasteiger charge is -2.10. The fraction of sp³-hybridized carbons (Fsp3) is 0.211. The summed E-state index contributed by atoms with van der Waals surface area (Å²) >= 11 is 3.15. The third kappa shape index (κ3) is 4.47. The minimum absolute atomic E-state index is 0.000886. The Hall–Kier alpha value is -2.25. The zero-order valence-corrected chi connectivity index (χ0v) is 16.3. The maximum absolute atomic E-state index is 12.2. The molecule has 0 atom stereocenters. The van der Waals surface area contributed by atoms with Crippen molar-refractivity contribution in [2.45, 2.75) is 23.4 Å². The first-order valence-corrected chi connectivity index (χ1v) is 10.4. The third-order valence-electron chi connectivity index (χ3n) is 3.83. The Bertz CT molecular complexity index is 895. The van der Waals surface area contributed by atoms with E-state index in [1.807, 2.05) is 53.3 Å². The van der Waals surface area contributed by atoms with E-state index in [4.69, 9.17) is 0 Å². The minimum Gasteiger partial charge on any atom is -0.325 e. The van der Waals surface area contributed by atoms with Crippen molar-refractivity contribution in [1.82, 2.24) is 14.8 Å². The van der Waals surface area contributed by atoms with Crippen molar-refractivity contribution < 1.29 is 4.79 Å². The van der Waals surface area contributed by atoms with Gasteiger partial charge in [0.25, 0.3) is 0 Å². The van der Waals surface area contributed by atoms with Crippen molar-refractivity contribution in [1.29, 1.82) is 0 Å². The van der Waals surface area contributed by atoms with Gasteiger partial charge in [0.15, 0.2) is 5.16 Å². The van der Waals surface area contributed by atoms with Crippen LogP contribution in [0.3, 0.4) is 0 Å². The Morgan fingerprint density at radius 1 is 1.15 bits per heavy atom. The monoisotopic (exact) mass is 384 g/mol. The van der Waals surface area contributed by atoms with Crippen LogP contribution >= 0.6 is 23.5 Å². The minimum atomic E-state index is 0.000886. The number of nitrogens with zero attached hydrogens (tertiary/aromatic N) is 3. The second-order valence-electron chi connectivity index (χ2n) is 5.62.